The highest BCUT2D eigenvalue weighted by Crippen LogP contribution is 2.23. The molecule has 2 rings (SSSR count). The van der Waals surface area contributed by atoms with Crippen molar-refractivity contribution < 1.29 is 4.74 Å². The van der Waals surface area contributed by atoms with Gasteiger partial charge in [0.25, 0.3) is 0 Å². The van der Waals surface area contributed by atoms with Gasteiger partial charge in [0, 0.05) is 25.8 Å². The lowest BCUT2D eigenvalue weighted by atomic mass is 10.1. The van der Waals surface area contributed by atoms with Gasteiger partial charge in [-0.15, -0.1) is 0 Å². The first-order chi connectivity index (χ1) is 8.70. The van der Waals surface area contributed by atoms with Gasteiger partial charge in [0.05, 0.1) is 24.1 Å². The highest BCUT2D eigenvalue weighted by atomic mass is 16.5. The summed E-state index contributed by atoms with van der Waals surface area (Å²) in [6, 6.07) is 2.10. The lowest BCUT2D eigenvalue weighted by molar-refractivity contribution is -0.00528. The number of nitrogens with zero attached hydrogens (tertiary/aromatic N) is 2. The van der Waals surface area contributed by atoms with Crippen LogP contribution in [0.2, 0.25) is 0 Å². The third kappa shape index (κ3) is 3.21. The van der Waals surface area contributed by atoms with Gasteiger partial charge in [-0.3, -0.25) is 4.98 Å². The second-order valence-electron chi connectivity index (χ2n) is 4.95. The molecule has 1 aromatic heterocycles. The van der Waals surface area contributed by atoms with Crippen molar-refractivity contribution in [1.82, 2.24) is 10.3 Å². The Hall–Kier alpha value is -1.13. The largest absolute Gasteiger partial charge is 0.372 e. The van der Waals surface area contributed by atoms with Gasteiger partial charge in [0.15, 0.2) is 0 Å². The minimum atomic E-state index is 0.279. The van der Waals surface area contributed by atoms with E-state index in [1.807, 2.05) is 12.4 Å². The Labute approximate surface area is 109 Å². The SMILES string of the molecule is CCNCc1ccncc1N1C[C@@H](C)O[C@@H](C)C1. The fourth-order valence-electron chi connectivity index (χ4n) is 2.48. The number of aromatic nitrogens is 1. The van der Waals surface area contributed by atoms with E-state index >= 15 is 0 Å². The first-order valence-corrected chi connectivity index (χ1v) is 6.74. The molecule has 1 N–H and O–H groups in total. The van der Waals surface area contributed by atoms with Crippen molar-refractivity contribution in [2.45, 2.75) is 39.5 Å². The molecule has 1 aliphatic heterocycles. The zero-order valence-electron chi connectivity index (χ0n) is 11.5. The van der Waals surface area contributed by atoms with Gasteiger partial charge in [-0.05, 0) is 32.0 Å². The highest BCUT2D eigenvalue weighted by Gasteiger charge is 2.23. The normalized spacial score (nSPS) is 24.3. The van der Waals surface area contributed by atoms with Gasteiger partial charge in [-0.25, -0.2) is 0 Å². The zero-order chi connectivity index (χ0) is 13.0. The molecule has 100 valence electrons. The minimum Gasteiger partial charge on any atom is -0.372 e. The van der Waals surface area contributed by atoms with Crippen molar-refractivity contribution in [3.8, 4) is 0 Å². The van der Waals surface area contributed by atoms with Gasteiger partial charge >= 0.3 is 0 Å². The molecule has 1 aromatic rings. The number of rotatable bonds is 4. The fraction of sp³-hybridized carbons (Fsp3) is 0.643. The van der Waals surface area contributed by atoms with E-state index in [-0.39, 0.29) is 12.2 Å². The molecule has 0 amide bonds. The zero-order valence-corrected chi connectivity index (χ0v) is 11.5. The van der Waals surface area contributed by atoms with Gasteiger partial charge in [-0.1, -0.05) is 6.92 Å². The molecule has 0 aliphatic carbocycles. The molecule has 0 unspecified atom stereocenters. The molecule has 0 bridgehead atoms. The maximum atomic E-state index is 5.78. The van der Waals surface area contributed by atoms with Crippen LogP contribution in [-0.4, -0.2) is 36.8 Å². The van der Waals surface area contributed by atoms with Crippen LogP contribution in [0, 0.1) is 0 Å². The number of ether oxygens (including phenoxy) is 1. The van der Waals surface area contributed by atoms with E-state index in [4.69, 9.17) is 4.74 Å². The molecule has 18 heavy (non-hydrogen) atoms. The first-order valence-electron chi connectivity index (χ1n) is 6.74. The molecule has 1 aliphatic rings. The Balaban J connectivity index is 2.15. The van der Waals surface area contributed by atoms with Crippen molar-refractivity contribution in [1.29, 1.82) is 0 Å². The molecule has 0 radical (unpaired) electrons. The summed E-state index contributed by atoms with van der Waals surface area (Å²) in [6.07, 6.45) is 4.39. The summed E-state index contributed by atoms with van der Waals surface area (Å²) in [5.74, 6) is 0. The first kappa shape index (κ1) is 13.3. The van der Waals surface area contributed by atoms with Crippen LogP contribution in [0.15, 0.2) is 18.5 Å². The van der Waals surface area contributed by atoms with Crippen LogP contribution in [0.3, 0.4) is 0 Å². The third-order valence-corrected chi connectivity index (χ3v) is 3.21. The summed E-state index contributed by atoms with van der Waals surface area (Å²) in [6.45, 7) is 10.1. The topological polar surface area (TPSA) is 37.4 Å². The number of hydrogen-bond acceptors (Lipinski definition) is 4. The van der Waals surface area contributed by atoms with E-state index < -0.39 is 0 Å². The van der Waals surface area contributed by atoms with Crippen LogP contribution in [-0.2, 0) is 11.3 Å². The monoisotopic (exact) mass is 249 g/mol. The Morgan fingerprint density at radius 2 is 2.11 bits per heavy atom. The van der Waals surface area contributed by atoms with Crippen molar-refractivity contribution in [3.63, 3.8) is 0 Å². The van der Waals surface area contributed by atoms with Gasteiger partial charge < -0.3 is 15.0 Å². The Kier molecular flexibility index (Phi) is 4.55. The lowest BCUT2D eigenvalue weighted by Crippen LogP contribution is -2.46. The van der Waals surface area contributed by atoms with Crippen LogP contribution >= 0.6 is 0 Å². The Morgan fingerprint density at radius 1 is 1.39 bits per heavy atom. The molecule has 2 atom stereocenters. The van der Waals surface area contributed by atoms with Crippen molar-refractivity contribution in [2.75, 3.05) is 24.5 Å². The molecular weight excluding hydrogens is 226 g/mol. The average molecular weight is 249 g/mol. The van der Waals surface area contributed by atoms with E-state index in [1.165, 1.54) is 11.3 Å². The molecule has 1 saturated heterocycles. The van der Waals surface area contributed by atoms with Gasteiger partial charge in [0.2, 0.25) is 0 Å². The third-order valence-electron chi connectivity index (χ3n) is 3.21. The molecule has 0 spiro atoms. The predicted octanol–water partition coefficient (Wildman–Crippen LogP) is 1.80. The molecule has 1 fully saturated rings. The summed E-state index contributed by atoms with van der Waals surface area (Å²) in [7, 11) is 0. The second-order valence-corrected chi connectivity index (χ2v) is 4.95. The van der Waals surface area contributed by atoms with Crippen molar-refractivity contribution >= 4 is 5.69 Å². The number of nitrogens with one attached hydrogen (secondary N) is 1. The van der Waals surface area contributed by atoms with E-state index in [0.717, 1.165) is 26.2 Å². The second kappa shape index (κ2) is 6.16. The molecule has 2 heterocycles. The maximum absolute atomic E-state index is 5.78. The molecule has 4 nitrogen and oxygen atoms in total. The number of anilines is 1. The van der Waals surface area contributed by atoms with Crippen LogP contribution in [0.5, 0.6) is 0 Å². The summed E-state index contributed by atoms with van der Waals surface area (Å²) in [5, 5.41) is 3.38. The molecular formula is C14H23N3O. The smallest absolute Gasteiger partial charge is 0.0726 e. The van der Waals surface area contributed by atoms with Crippen LogP contribution in [0.1, 0.15) is 26.3 Å². The van der Waals surface area contributed by atoms with Crippen LogP contribution in [0.4, 0.5) is 5.69 Å². The van der Waals surface area contributed by atoms with E-state index in [0.29, 0.717) is 0 Å². The van der Waals surface area contributed by atoms with E-state index in [1.54, 1.807) is 0 Å². The fourth-order valence-corrected chi connectivity index (χ4v) is 2.48. The van der Waals surface area contributed by atoms with E-state index in [9.17, 15) is 0 Å². The minimum absolute atomic E-state index is 0.279. The van der Waals surface area contributed by atoms with Gasteiger partial charge in [-0.2, -0.15) is 0 Å². The van der Waals surface area contributed by atoms with E-state index in [2.05, 4.69) is 42.0 Å². The molecule has 4 heteroatoms. The van der Waals surface area contributed by atoms with Crippen LogP contribution in [0.25, 0.3) is 0 Å². The molecule has 0 aromatic carbocycles. The predicted molar refractivity (Wildman–Crippen MR) is 73.8 cm³/mol. The van der Waals surface area contributed by atoms with Crippen molar-refractivity contribution in [2.24, 2.45) is 0 Å². The lowest BCUT2D eigenvalue weighted by Gasteiger charge is -2.37. The van der Waals surface area contributed by atoms with Gasteiger partial charge in [0.1, 0.15) is 0 Å². The quantitative estimate of drug-likeness (QED) is 0.883. The highest BCUT2D eigenvalue weighted by molar-refractivity contribution is 5.52. The maximum Gasteiger partial charge on any atom is 0.0726 e. The Bertz CT molecular complexity index is 373. The summed E-state index contributed by atoms with van der Waals surface area (Å²) in [5.41, 5.74) is 2.55. The van der Waals surface area contributed by atoms with Crippen molar-refractivity contribution in [3.05, 3.63) is 24.0 Å². The summed E-state index contributed by atoms with van der Waals surface area (Å²) >= 11 is 0. The number of pyridine rings is 1. The number of hydrogen-bond donors (Lipinski definition) is 1. The number of morpholine rings is 1. The standard InChI is InChI=1S/C14H23N3O/c1-4-15-7-13-5-6-16-8-14(13)17-9-11(2)18-12(3)10-17/h5-6,8,11-12,15H,4,7,9-10H2,1-3H3/t11-,12+. The Morgan fingerprint density at radius 3 is 2.78 bits per heavy atom. The summed E-state index contributed by atoms with van der Waals surface area (Å²) in [4.78, 5) is 6.66. The average Bonchev–Trinajstić information content (AvgIpc) is 2.35. The van der Waals surface area contributed by atoms with Crippen LogP contribution < -0.4 is 10.2 Å². The summed E-state index contributed by atoms with van der Waals surface area (Å²) < 4.78 is 5.78. The molecule has 0 saturated carbocycles.